The van der Waals surface area contributed by atoms with Crippen LogP contribution in [0.4, 0.5) is 0 Å². The number of aliphatic hydroxyl groups excluding tert-OH is 2. The zero-order valence-electron chi connectivity index (χ0n) is 18.3. The minimum absolute atomic E-state index is 0.00826. The summed E-state index contributed by atoms with van der Waals surface area (Å²) in [5.41, 5.74) is 2.10. The van der Waals surface area contributed by atoms with Gasteiger partial charge in [0.2, 0.25) is 0 Å². The van der Waals surface area contributed by atoms with Gasteiger partial charge in [-0.1, -0.05) is 56.3 Å². The number of ether oxygens (including phenoxy) is 2. The van der Waals surface area contributed by atoms with Crippen molar-refractivity contribution in [3.05, 3.63) is 70.6 Å². The molecule has 8 nitrogen and oxygen atoms in total. The lowest BCUT2D eigenvalue weighted by atomic mass is 9.91. The molecule has 0 amide bonds. The van der Waals surface area contributed by atoms with Crippen molar-refractivity contribution in [2.45, 2.75) is 45.2 Å². The van der Waals surface area contributed by atoms with Crippen molar-refractivity contribution in [2.75, 3.05) is 7.11 Å². The van der Waals surface area contributed by atoms with Crippen LogP contribution in [0.1, 0.15) is 52.8 Å². The highest BCUT2D eigenvalue weighted by Crippen LogP contribution is 2.30. The van der Waals surface area contributed by atoms with Crippen LogP contribution in [0.15, 0.2) is 42.5 Å². The average Bonchev–Trinajstić information content (AvgIpc) is 2.81. The third kappa shape index (κ3) is 5.21. The molecule has 0 spiro atoms. The smallest absolute Gasteiger partial charge is 0.356 e. The Hall–Kier alpha value is -3.07. The summed E-state index contributed by atoms with van der Waals surface area (Å²) in [7, 11) is 1.23. The van der Waals surface area contributed by atoms with Gasteiger partial charge in [0.15, 0.2) is 0 Å². The zero-order valence-corrected chi connectivity index (χ0v) is 18.3. The number of benzene rings is 1. The lowest BCUT2D eigenvalue weighted by Gasteiger charge is -2.31. The third-order valence-electron chi connectivity index (χ3n) is 5.35. The van der Waals surface area contributed by atoms with Gasteiger partial charge in [-0.25, -0.2) is 9.78 Å². The van der Waals surface area contributed by atoms with E-state index in [9.17, 15) is 19.8 Å². The molecule has 8 heteroatoms. The summed E-state index contributed by atoms with van der Waals surface area (Å²) < 4.78 is 10.2. The van der Waals surface area contributed by atoms with Gasteiger partial charge in [0.1, 0.15) is 24.4 Å². The van der Waals surface area contributed by atoms with Crippen LogP contribution in [0.3, 0.4) is 0 Å². The molecule has 1 heterocycles. The van der Waals surface area contributed by atoms with E-state index in [1.165, 1.54) is 13.2 Å². The minimum atomic E-state index is -1.15. The molecular formula is C24H28N2O6. The van der Waals surface area contributed by atoms with E-state index in [2.05, 4.69) is 10.3 Å². The summed E-state index contributed by atoms with van der Waals surface area (Å²) in [5.74, 6) is -1.21. The molecule has 3 N–H and O–H groups in total. The van der Waals surface area contributed by atoms with Crippen molar-refractivity contribution in [3.63, 3.8) is 0 Å². The molecule has 1 aromatic carbocycles. The number of nitrogens with one attached hydrogen (secondary N) is 1. The van der Waals surface area contributed by atoms with Gasteiger partial charge in [-0.3, -0.25) is 10.1 Å². The third-order valence-corrected chi connectivity index (χ3v) is 5.35. The number of rotatable bonds is 8. The first-order valence-corrected chi connectivity index (χ1v) is 10.4. The Bertz CT molecular complexity index is 989. The highest BCUT2D eigenvalue weighted by atomic mass is 16.5. The SMILES string of the molecule is COC(=O)c1cc(CO)c2c(n1)[C@@H](O)[C@H](N[C@H](C(=O)OCc1ccccc1)C(C)C)C=C2. The lowest BCUT2D eigenvalue weighted by molar-refractivity contribution is -0.149. The van der Waals surface area contributed by atoms with Crippen LogP contribution in [0, 0.1) is 5.92 Å². The topological polar surface area (TPSA) is 118 Å². The summed E-state index contributed by atoms with van der Waals surface area (Å²) in [5, 5.41) is 23.8. The fraction of sp³-hybridized carbons (Fsp3) is 0.375. The van der Waals surface area contributed by atoms with Crippen LogP contribution in [-0.4, -0.2) is 46.3 Å². The van der Waals surface area contributed by atoms with E-state index >= 15 is 0 Å². The number of aliphatic hydroxyl groups is 2. The van der Waals surface area contributed by atoms with Gasteiger partial charge in [-0.15, -0.1) is 0 Å². The summed E-state index contributed by atoms with van der Waals surface area (Å²) in [4.78, 5) is 29.0. The highest BCUT2D eigenvalue weighted by molar-refractivity contribution is 5.88. The van der Waals surface area contributed by atoms with E-state index in [-0.39, 0.29) is 30.5 Å². The second-order valence-corrected chi connectivity index (χ2v) is 7.93. The minimum Gasteiger partial charge on any atom is -0.464 e. The normalized spacial score (nSPS) is 18.2. The molecule has 3 atom stereocenters. The molecule has 3 rings (SSSR count). The molecule has 170 valence electrons. The molecule has 1 aromatic heterocycles. The van der Waals surface area contributed by atoms with Gasteiger partial charge >= 0.3 is 11.9 Å². The van der Waals surface area contributed by atoms with Crippen LogP contribution < -0.4 is 5.32 Å². The van der Waals surface area contributed by atoms with Crippen molar-refractivity contribution in [1.82, 2.24) is 10.3 Å². The first-order chi connectivity index (χ1) is 15.3. The van der Waals surface area contributed by atoms with Crippen molar-refractivity contribution in [1.29, 1.82) is 0 Å². The van der Waals surface area contributed by atoms with Crippen LogP contribution in [0.2, 0.25) is 0 Å². The molecular weight excluding hydrogens is 412 g/mol. The number of hydrogen-bond donors (Lipinski definition) is 3. The first kappa shape index (κ1) is 23.6. The summed E-state index contributed by atoms with van der Waals surface area (Å²) in [6.45, 7) is 3.59. The number of hydrogen-bond acceptors (Lipinski definition) is 8. The molecule has 0 unspecified atom stereocenters. The predicted octanol–water partition coefficient (Wildman–Crippen LogP) is 2.15. The van der Waals surface area contributed by atoms with Crippen LogP contribution in [-0.2, 0) is 27.5 Å². The number of methoxy groups -OCH3 is 1. The van der Waals surface area contributed by atoms with Gasteiger partial charge in [-0.2, -0.15) is 0 Å². The van der Waals surface area contributed by atoms with Crippen molar-refractivity contribution in [2.24, 2.45) is 5.92 Å². The number of nitrogens with zero attached hydrogens (tertiary/aromatic N) is 1. The van der Waals surface area contributed by atoms with E-state index in [0.717, 1.165) is 5.56 Å². The number of esters is 2. The molecule has 1 aliphatic rings. The molecule has 0 saturated carbocycles. The quantitative estimate of drug-likeness (QED) is 0.535. The Balaban J connectivity index is 1.78. The van der Waals surface area contributed by atoms with Gasteiger partial charge in [0.05, 0.1) is 25.5 Å². The maximum atomic E-state index is 12.8. The second kappa shape index (κ2) is 10.5. The zero-order chi connectivity index (χ0) is 23.3. The van der Waals surface area contributed by atoms with Gasteiger partial charge in [-0.05, 0) is 23.1 Å². The van der Waals surface area contributed by atoms with Crippen LogP contribution in [0.25, 0.3) is 6.08 Å². The molecule has 0 fully saturated rings. The fourth-order valence-electron chi connectivity index (χ4n) is 3.57. The Morgan fingerprint density at radius 2 is 1.94 bits per heavy atom. The summed E-state index contributed by atoms with van der Waals surface area (Å²) >= 11 is 0. The molecule has 32 heavy (non-hydrogen) atoms. The Morgan fingerprint density at radius 3 is 2.56 bits per heavy atom. The highest BCUT2D eigenvalue weighted by Gasteiger charge is 2.33. The lowest BCUT2D eigenvalue weighted by Crippen LogP contribution is -2.49. The van der Waals surface area contributed by atoms with E-state index in [1.807, 2.05) is 44.2 Å². The molecule has 0 radical (unpaired) electrons. The average molecular weight is 440 g/mol. The number of aromatic nitrogens is 1. The fourth-order valence-corrected chi connectivity index (χ4v) is 3.57. The molecule has 0 bridgehead atoms. The van der Waals surface area contributed by atoms with Crippen molar-refractivity contribution in [3.8, 4) is 0 Å². The molecule has 0 aliphatic heterocycles. The van der Waals surface area contributed by atoms with Gasteiger partial charge in [0.25, 0.3) is 0 Å². The van der Waals surface area contributed by atoms with Gasteiger partial charge in [0, 0.05) is 5.56 Å². The number of pyridine rings is 1. The van der Waals surface area contributed by atoms with E-state index in [4.69, 9.17) is 9.47 Å². The summed E-state index contributed by atoms with van der Waals surface area (Å²) in [6, 6.07) is 9.50. The molecule has 0 saturated heterocycles. The van der Waals surface area contributed by atoms with Crippen LogP contribution in [0.5, 0.6) is 0 Å². The van der Waals surface area contributed by atoms with E-state index < -0.39 is 30.1 Å². The predicted molar refractivity (Wildman–Crippen MR) is 117 cm³/mol. The largest absolute Gasteiger partial charge is 0.464 e. The maximum absolute atomic E-state index is 12.8. The first-order valence-electron chi connectivity index (χ1n) is 10.4. The number of carbonyl (C=O) groups is 2. The monoisotopic (exact) mass is 440 g/mol. The molecule has 2 aromatic rings. The van der Waals surface area contributed by atoms with Crippen molar-refractivity contribution < 1.29 is 29.3 Å². The Kier molecular flexibility index (Phi) is 7.74. The molecule has 1 aliphatic carbocycles. The standard InChI is InChI=1S/C24H28N2O6/c1-14(2)20(24(30)32-13-15-7-5-4-6-8-15)25-18-10-9-17-16(12-27)11-19(23(29)31-3)26-21(17)22(18)28/h4-11,14,18,20,22,25,27-28H,12-13H2,1-3H3/t18-,20+,22+/m1/s1. The Morgan fingerprint density at radius 1 is 1.22 bits per heavy atom. The van der Waals surface area contributed by atoms with Gasteiger partial charge < -0.3 is 19.7 Å². The number of carbonyl (C=O) groups excluding carboxylic acids is 2. The maximum Gasteiger partial charge on any atom is 0.356 e. The van der Waals surface area contributed by atoms with E-state index in [1.54, 1.807) is 12.2 Å². The summed E-state index contributed by atoms with van der Waals surface area (Å²) in [6.07, 6.45) is 2.28. The number of fused-ring (bicyclic) bond motifs is 1. The van der Waals surface area contributed by atoms with Crippen LogP contribution >= 0.6 is 0 Å². The van der Waals surface area contributed by atoms with Crippen molar-refractivity contribution >= 4 is 18.0 Å². The second-order valence-electron chi connectivity index (χ2n) is 7.93. The van der Waals surface area contributed by atoms with E-state index in [0.29, 0.717) is 11.1 Å². The Labute approximate surface area is 186 Å².